The Morgan fingerprint density at radius 1 is 1.23 bits per heavy atom. The van der Waals surface area contributed by atoms with E-state index in [1.165, 1.54) is 19.1 Å². The van der Waals surface area contributed by atoms with Crippen LogP contribution in [0, 0.1) is 10.1 Å². The van der Waals surface area contributed by atoms with Gasteiger partial charge in [-0.05, 0) is 25.0 Å². The smallest absolute Gasteiger partial charge is 0.293 e. The third-order valence-electron chi connectivity index (χ3n) is 4.92. The lowest BCUT2D eigenvalue weighted by molar-refractivity contribution is -0.384. The molecule has 8 nitrogen and oxygen atoms in total. The molecule has 0 aromatic heterocycles. The summed E-state index contributed by atoms with van der Waals surface area (Å²) in [5.74, 6) is -0.00289. The van der Waals surface area contributed by atoms with Gasteiger partial charge in [0, 0.05) is 44.4 Å². The van der Waals surface area contributed by atoms with Crippen molar-refractivity contribution in [3.63, 3.8) is 0 Å². The highest BCUT2D eigenvalue weighted by atomic mass is 32.2. The van der Waals surface area contributed by atoms with Crippen LogP contribution in [0.3, 0.4) is 0 Å². The molecule has 0 unspecified atom stereocenters. The van der Waals surface area contributed by atoms with E-state index >= 15 is 0 Å². The topological polar surface area (TPSA) is 101 Å². The highest BCUT2D eigenvalue weighted by Gasteiger charge is 2.36. The van der Waals surface area contributed by atoms with Crippen molar-refractivity contribution in [2.24, 2.45) is 0 Å². The second-order valence-electron chi connectivity index (χ2n) is 6.63. The number of hydrogen-bond acceptors (Lipinski definition) is 6. The number of carbonyl (C=O) groups is 1. The Kier molecular flexibility index (Phi) is 5.90. The van der Waals surface area contributed by atoms with Crippen LogP contribution in [0.4, 0.5) is 11.4 Å². The summed E-state index contributed by atoms with van der Waals surface area (Å²) in [5.41, 5.74) is 0.174. The zero-order valence-corrected chi connectivity index (χ0v) is 16.3. The summed E-state index contributed by atoms with van der Waals surface area (Å²) in [4.78, 5) is 26.7. The van der Waals surface area contributed by atoms with E-state index in [0.717, 1.165) is 18.7 Å². The highest BCUT2D eigenvalue weighted by Crippen LogP contribution is 2.35. The first-order valence-electron chi connectivity index (χ1n) is 8.62. The first-order valence-corrected chi connectivity index (χ1v) is 10.5. The van der Waals surface area contributed by atoms with Crippen LogP contribution in [0.15, 0.2) is 23.1 Å². The predicted molar refractivity (Wildman–Crippen MR) is 99.1 cm³/mol. The summed E-state index contributed by atoms with van der Waals surface area (Å²) >= 11 is 0. The molecule has 2 rings (SSSR count). The van der Waals surface area contributed by atoms with E-state index in [9.17, 15) is 23.3 Å². The Labute approximate surface area is 153 Å². The largest absolute Gasteiger partial charge is 0.359 e. The van der Waals surface area contributed by atoms with Crippen molar-refractivity contribution in [2.75, 3.05) is 24.2 Å². The quantitative estimate of drug-likeness (QED) is 0.571. The number of rotatable bonds is 5. The highest BCUT2D eigenvalue weighted by molar-refractivity contribution is 7.90. The molecule has 1 aliphatic rings. The molecule has 0 bridgehead atoms. The second kappa shape index (κ2) is 7.61. The van der Waals surface area contributed by atoms with Gasteiger partial charge in [-0.15, -0.1) is 0 Å². The summed E-state index contributed by atoms with van der Waals surface area (Å²) in [7, 11) is -3.54. The van der Waals surface area contributed by atoms with Crippen LogP contribution in [0.25, 0.3) is 0 Å². The summed E-state index contributed by atoms with van der Waals surface area (Å²) < 4.78 is 23.5. The molecule has 0 saturated carbocycles. The molecule has 144 valence electrons. The number of benzene rings is 1. The number of amides is 1. The Hall–Kier alpha value is -2.16. The van der Waals surface area contributed by atoms with Crippen molar-refractivity contribution in [1.82, 2.24) is 4.90 Å². The molecule has 0 aliphatic carbocycles. The maximum absolute atomic E-state index is 11.9. The van der Waals surface area contributed by atoms with Crippen LogP contribution in [0.1, 0.15) is 33.6 Å². The molecule has 1 aromatic carbocycles. The molecule has 1 aromatic rings. The second-order valence-corrected chi connectivity index (χ2v) is 8.64. The van der Waals surface area contributed by atoms with Gasteiger partial charge in [0.25, 0.3) is 5.69 Å². The molecule has 9 heteroatoms. The summed E-state index contributed by atoms with van der Waals surface area (Å²) in [6.07, 6.45) is 2.48. The zero-order valence-electron chi connectivity index (χ0n) is 15.5. The minimum atomic E-state index is -3.54. The molecular weight excluding hydrogens is 358 g/mol. The van der Waals surface area contributed by atoms with Crippen molar-refractivity contribution >= 4 is 27.1 Å². The van der Waals surface area contributed by atoms with Crippen LogP contribution in [-0.4, -0.2) is 55.6 Å². The molecule has 1 aliphatic heterocycles. The van der Waals surface area contributed by atoms with Crippen molar-refractivity contribution in [1.29, 1.82) is 0 Å². The fourth-order valence-corrected chi connectivity index (χ4v) is 4.09. The lowest BCUT2D eigenvalue weighted by Gasteiger charge is -2.46. The summed E-state index contributed by atoms with van der Waals surface area (Å²) in [6, 6.07) is 3.93. The maximum atomic E-state index is 11.9. The SMILES string of the molecule is CC[C@@H]1CN(c2ccc(S(C)(=O)=O)cc2[N+](=O)[O-])[C@@H](CC)CN1C(C)=O. The van der Waals surface area contributed by atoms with Gasteiger partial charge in [0.1, 0.15) is 5.69 Å². The van der Waals surface area contributed by atoms with E-state index in [1.54, 1.807) is 0 Å². The number of carbonyl (C=O) groups excluding carboxylic acids is 1. The van der Waals surface area contributed by atoms with E-state index < -0.39 is 14.8 Å². The van der Waals surface area contributed by atoms with E-state index in [0.29, 0.717) is 25.2 Å². The first kappa shape index (κ1) is 20.2. The lowest BCUT2D eigenvalue weighted by Crippen LogP contribution is -2.59. The Morgan fingerprint density at radius 3 is 2.31 bits per heavy atom. The van der Waals surface area contributed by atoms with Gasteiger partial charge < -0.3 is 9.80 Å². The predicted octanol–water partition coefficient (Wildman–Crippen LogP) is 2.22. The van der Waals surface area contributed by atoms with Gasteiger partial charge in [-0.1, -0.05) is 13.8 Å². The van der Waals surface area contributed by atoms with E-state index in [4.69, 9.17) is 0 Å². The standard InChI is InChI=1S/C17H25N3O5S/c1-5-13-11-19(14(6-2)10-18(13)12(3)21)16-8-7-15(26(4,24)25)9-17(16)20(22)23/h7-9,13-14H,5-6,10-11H2,1-4H3/t13-,14+/m1/s1. The van der Waals surface area contributed by atoms with Gasteiger partial charge in [-0.25, -0.2) is 8.42 Å². The lowest BCUT2D eigenvalue weighted by atomic mass is 10.0. The van der Waals surface area contributed by atoms with Crippen LogP contribution >= 0.6 is 0 Å². The Bertz CT molecular complexity index is 809. The van der Waals surface area contributed by atoms with E-state index in [-0.39, 0.29) is 28.6 Å². The minimum absolute atomic E-state index is 0.00289. The third kappa shape index (κ3) is 3.98. The van der Waals surface area contributed by atoms with Crippen molar-refractivity contribution in [2.45, 2.75) is 50.6 Å². The molecule has 1 amide bonds. The first-order chi connectivity index (χ1) is 12.1. The average Bonchev–Trinajstić information content (AvgIpc) is 2.58. The number of hydrogen-bond donors (Lipinski definition) is 0. The molecule has 0 radical (unpaired) electrons. The van der Waals surface area contributed by atoms with Gasteiger partial charge >= 0.3 is 0 Å². The van der Waals surface area contributed by atoms with Gasteiger partial charge in [-0.3, -0.25) is 14.9 Å². The number of anilines is 1. The van der Waals surface area contributed by atoms with Crippen molar-refractivity contribution < 1.29 is 18.1 Å². The van der Waals surface area contributed by atoms with Gasteiger partial charge in [0.2, 0.25) is 5.91 Å². The molecule has 1 fully saturated rings. The number of nitrogens with zero attached hydrogens (tertiary/aromatic N) is 3. The molecule has 26 heavy (non-hydrogen) atoms. The maximum Gasteiger partial charge on any atom is 0.293 e. The molecule has 1 saturated heterocycles. The van der Waals surface area contributed by atoms with Gasteiger partial charge in [0.15, 0.2) is 9.84 Å². The van der Waals surface area contributed by atoms with Crippen LogP contribution in [0.2, 0.25) is 0 Å². The zero-order chi connectivity index (χ0) is 19.6. The van der Waals surface area contributed by atoms with Gasteiger partial charge in [-0.2, -0.15) is 0 Å². The summed E-state index contributed by atoms with van der Waals surface area (Å²) in [6.45, 7) is 6.46. The normalized spacial score (nSPS) is 20.9. The fourth-order valence-electron chi connectivity index (χ4n) is 3.45. The van der Waals surface area contributed by atoms with Crippen molar-refractivity contribution in [3.05, 3.63) is 28.3 Å². The van der Waals surface area contributed by atoms with Crippen LogP contribution in [0.5, 0.6) is 0 Å². The number of piperazine rings is 1. The van der Waals surface area contributed by atoms with Crippen molar-refractivity contribution in [3.8, 4) is 0 Å². The Balaban J connectivity index is 2.51. The van der Waals surface area contributed by atoms with E-state index in [2.05, 4.69) is 0 Å². The minimum Gasteiger partial charge on any atom is -0.359 e. The molecule has 0 N–H and O–H groups in total. The monoisotopic (exact) mass is 383 g/mol. The molecular formula is C17H25N3O5S. The third-order valence-corrected chi connectivity index (χ3v) is 6.03. The Morgan fingerprint density at radius 2 is 1.85 bits per heavy atom. The average molecular weight is 383 g/mol. The fraction of sp³-hybridized carbons (Fsp3) is 0.588. The summed E-state index contributed by atoms with van der Waals surface area (Å²) in [5, 5.41) is 11.6. The molecule has 0 spiro atoms. The number of nitro benzene ring substituents is 1. The van der Waals surface area contributed by atoms with Gasteiger partial charge in [0.05, 0.1) is 9.82 Å². The van der Waals surface area contributed by atoms with E-state index in [1.807, 2.05) is 23.6 Å². The van der Waals surface area contributed by atoms with Crippen LogP contribution < -0.4 is 4.90 Å². The number of nitro groups is 1. The van der Waals surface area contributed by atoms with Crippen LogP contribution in [-0.2, 0) is 14.6 Å². The molecule has 1 heterocycles. The number of sulfone groups is 1. The molecule has 2 atom stereocenters.